The zero-order valence-corrected chi connectivity index (χ0v) is 18.4. The third-order valence-electron chi connectivity index (χ3n) is 4.76. The Hall–Kier alpha value is -2.08. The van der Waals surface area contributed by atoms with Crippen molar-refractivity contribution in [3.63, 3.8) is 0 Å². The molecule has 0 saturated carbocycles. The molecular weight excluding hydrogens is 475 g/mol. The number of aromatic nitrogens is 1. The Morgan fingerprint density at radius 1 is 1.03 bits per heavy atom. The van der Waals surface area contributed by atoms with Crippen LogP contribution >= 0.6 is 22.9 Å². The van der Waals surface area contributed by atoms with Crippen LogP contribution in [0.4, 0.5) is 18.3 Å². The SMILES string of the molecule is O=S(=O)(c1ccc(OC(F)(F)F)cc1)N1CCCN(c2nc3ccc(Cl)cc3s2)CC1. The molecule has 1 aromatic heterocycles. The lowest BCUT2D eigenvalue weighted by Crippen LogP contribution is -2.35. The second kappa shape index (κ2) is 8.45. The van der Waals surface area contributed by atoms with Gasteiger partial charge in [-0.3, -0.25) is 0 Å². The molecule has 0 spiro atoms. The van der Waals surface area contributed by atoms with Gasteiger partial charge in [0.15, 0.2) is 5.13 Å². The third-order valence-corrected chi connectivity index (χ3v) is 7.99. The summed E-state index contributed by atoms with van der Waals surface area (Å²) >= 11 is 7.53. The van der Waals surface area contributed by atoms with Gasteiger partial charge in [0.2, 0.25) is 10.0 Å². The lowest BCUT2D eigenvalue weighted by atomic mass is 10.3. The summed E-state index contributed by atoms with van der Waals surface area (Å²) in [5.41, 5.74) is 0.833. The molecule has 0 radical (unpaired) electrons. The van der Waals surface area contributed by atoms with Gasteiger partial charge in [0, 0.05) is 31.2 Å². The first kappa shape index (κ1) is 22.1. The highest BCUT2D eigenvalue weighted by Crippen LogP contribution is 2.32. The first-order valence-electron chi connectivity index (χ1n) is 9.29. The van der Waals surface area contributed by atoms with E-state index in [1.54, 1.807) is 6.07 Å². The van der Waals surface area contributed by atoms with Gasteiger partial charge in [-0.2, -0.15) is 4.31 Å². The van der Waals surface area contributed by atoms with E-state index < -0.39 is 22.1 Å². The fourth-order valence-electron chi connectivity index (χ4n) is 3.31. The number of thiazole rings is 1. The van der Waals surface area contributed by atoms with Gasteiger partial charge in [-0.15, -0.1) is 13.2 Å². The van der Waals surface area contributed by atoms with Gasteiger partial charge in [0.25, 0.3) is 0 Å². The van der Waals surface area contributed by atoms with E-state index in [1.165, 1.54) is 15.6 Å². The maximum absolute atomic E-state index is 13.0. The predicted octanol–water partition coefficient (Wildman–Crippen LogP) is 4.75. The minimum absolute atomic E-state index is 0.0786. The molecule has 0 N–H and O–H groups in total. The number of benzene rings is 2. The zero-order chi connectivity index (χ0) is 22.2. The first-order chi connectivity index (χ1) is 14.6. The second-order valence-electron chi connectivity index (χ2n) is 6.87. The molecule has 0 amide bonds. The minimum Gasteiger partial charge on any atom is -0.406 e. The van der Waals surface area contributed by atoms with E-state index in [9.17, 15) is 21.6 Å². The number of hydrogen-bond donors (Lipinski definition) is 0. The molecule has 0 bridgehead atoms. The van der Waals surface area contributed by atoms with E-state index in [-0.39, 0.29) is 11.4 Å². The predicted molar refractivity (Wildman–Crippen MR) is 113 cm³/mol. The number of anilines is 1. The van der Waals surface area contributed by atoms with Crippen molar-refractivity contribution < 1.29 is 26.3 Å². The van der Waals surface area contributed by atoms with Gasteiger partial charge < -0.3 is 9.64 Å². The molecule has 0 unspecified atom stereocenters. The van der Waals surface area contributed by atoms with Gasteiger partial charge >= 0.3 is 6.36 Å². The van der Waals surface area contributed by atoms with Crippen LogP contribution in [-0.4, -0.2) is 50.2 Å². The summed E-state index contributed by atoms with van der Waals surface area (Å²) in [5, 5.41) is 1.42. The summed E-state index contributed by atoms with van der Waals surface area (Å²) in [7, 11) is -3.85. The van der Waals surface area contributed by atoms with E-state index in [4.69, 9.17) is 11.6 Å². The van der Waals surface area contributed by atoms with Crippen LogP contribution in [0.25, 0.3) is 10.2 Å². The molecule has 1 fully saturated rings. The summed E-state index contributed by atoms with van der Waals surface area (Å²) in [6, 6.07) is 9.70. The summed E-state index contributed by atoms with van der Waals surface area (Å²) in [5.74, 6) is -0.468. The average molecular weight is 492 g/mol. The molecule has 166 valence electrons. The number of ether oxygens (including phenoxy) is 1. The maximum atomic E-state index is 13.0. The molecule has 1 aliphatic heterocycles. The Morgan fingerprint density at radius 2 is 1.77 bits per heavy atom. The van der Waals surface area contributed by atoms with Crippen LogP contribution in [0.3, 0.4) is 0 Å². The molecule has 0 aliphatic carbocycles. The zero-order valence-electron chi connectivity index (χ0n) is 16.0. The molecule has 2 heterocycles. The monoisotopic (exact) mass is 491 g/mol. The maximum Gasteiger partial charge on any atom is 0.573 e. The van der Waals surface area contributed by atoms with E-state index >= 15 is 0 Å². The summed E-state index contributed by atoms with van der Waals surface area (Å²) < 4.78 is 69.0. The number of halogens is 4. The number of hydrogen-bond acceptors (Lipinski definition) is 6. The number of fused-ring (bicyclic) bond motifs is 1. The van der Waals surface area contributed by atoms with Crippen molar-refractivity contribution in [1.82, 2.24) is 9.29 Å². The van der Waals surface area contributed by atoms with Crippen molar-refractivity contribution in [1.29, 1.82) is 0 Å². The second-order valence-corrected chi connectivity index (χ2v) is 10.3. The van der Waals surface area contributed by atoms with E-state index in [0.29, 0.717) is 31.1 Å². The van der Waals surface area contributed by atoms with Crippen LogP contribution < -0.4 is 9.64 Å². The Morgan fingerprint density at radius 3 is 2.48 bits per heavy atom. The van der Waals surface area contributed by atoms with Gasteiger partial charge in [-0.05, 0) is 48.9 Å². The Kier molecular flexibility index (Phi) is 6.03. The third kappa shape index (κ3) is 5.05. The van der Waals surface area contributed by atoms with Gasteiger partial charge in [-0.1, -0.05) is 22.9 Å². The van der Waals surface area contributed by atoms with Crippen molar-refractivity contribution in [3.05, 3.63) is 47.5 Å². The minimum atomic E-state index is -4.83. The largest absolute Gasteiger partial charge is 0.573 e. The van der Waals surface area contributed by atoms with E-state index in [1.807, 2.05) is 17.0 Å². The molecule has 1 aliphatic rings. The van der Waals surface area contributed by atoms with Gasteiger partial charge in [0.1, 0.15) is 5.75 Å². The Bertz CT molecular complexity index is 1180. The van der Waals surface area contributed by atoms with Gasteiger partial charge in [0.05, 0.1) is 15.1 Å². The Labute approximate surface area is 185 Å². The highest BCUT2D eigenvalue weighted by Gasteiger charge is 2.32. The highest BCUT2D eigenvalue weighted by atomic mass is 35.5. The number of sulfonamides is 1. The number of nitrogens with zero attached hydrogens (tertiary/aromatic N) is 3. The van der Waals surface area contributed by atoms with Crippen molar-refractivity contribution >= 4 is 48.3 Å². The van der Waals surface area contributed by atoms with Gasteiger partial charge in [-0.25, -0.2) is 13.4 Å². The summed E-state index contributed by atoms with van der Waals surface area (Å²) in [4.78, 5) is 6.57. The van der Waals surface area contributed by atoms with Crippen LogP contribution in [0.1, 0.15) is 6.42 Å². The van der Waals surface area contributed by atoms with Crippen LogP contribution in [0, 0.1) is 0 Å². The fraction of sp³-hybridized carbons (Fsp3) is 0.316. The summed E-state index contributed by atoms with van der Waals surface area (Å²) in [6.45, 7) is 1.62. The normalized spacial score (nSPS) is 16.5. The van der Waals surface area contributed by atoms with E-state index in [0.717, 1.165) is 39.6 Å². The molecule has 6 nitrogen and oxygen atoms in total. The van der Waals surface area contributed by atoms with Crippen molar-refractivity contribution in [3.8, 4) is 5.75 Å². The molecule has 4 rings (SSSR count). The number of alkyl halides is 3. The van der Waals surface area contributed by atoms with Crippen LogP contribution in [0.15, 0.2) is 47.4 Å². The molecule has 31 heavy (non-hydrogen) atoms. The topological polar surface area (TPSA) is 62.7 Å². The van der Waals surface area contributed by atoms with Crippen molar-refractivity contribution in [2.45, 2.75) is 17.7 Å². The molecule has 3 aromatic rings. The highest BCUT2D eigenvalue weighted by molar-refractivity contribution is 7.89. The molecule has 12 heteroatoms. The molecular formula is C19H17ClF3N3O3S2. The van der Waals surface area contributed by atoms with Crippen LogP contribution in [0.5, 0.6) is 5.75 Å². The quantitative estimate of drug-likeness (QED) is 0.527. The fourth-order valence-corrected chi connectivity index (χ4v) is 6.07. The van der Waals surface area contributed by atoms with Crippen molar-refractivity contribution in [2.75, 3.05) is 31.1 Å². The Balaban J connectivity index is 1.48. The average Bonchev–Trinajstić information content (AvgIpc) is 2.94. The lowest BCUT2D eigenvalue weighted by Gasteiger charge is -2.21. The van der Waals surface area contributed by atoms with Crippen LogP contribution in [-0.2, 0) is 10.0 Å². The smallest absolute Gasteiger partial charge is 0.406 e. The van der Waals surface area contributed by atoms with E-state index in [2.05, 4.69) is 9.72 Å². The van der Waals surface area contributed by atoms with Crippen molar-refractivity contribution in [2.24, 2.45) is 0 Å². The standard InChI is InChI=1S/C19H17ClF3N3O3S2/c20-13-2-7-16-17(12-13)30-18(24-16)25-8-1-9-26(11-10-25)31(27,28)15-5-3-14(4-6-15)29-19(21,22)23/h2-7,12H,1,8-11H2. The molecule has 1 saturated heterocycles. The number of rotatable bonds is 4. The first-order valence-corrected chi connectivity index (χ1v) is 11.9. The molecule has 2 aromatic carbocycles. The lowest BCUT2D eigenvalue weighted by molar-refractivity contribution is -0.274. The molecule has 0 atom stereocenters. The summed E-state index contributed by atoms with van der Waals surface area (Å²) in [6.07, 6.45) is -4.24. The van der Waals surface area contributed by atoms with Crippen LogP contribution in [0.2, 0.25) is 5.02 Å².